The molecule has 1 heterocycles. The first-order valence-electron chi connectivity index (χ1n) is 6.79. The van der Waals surface area contributed by atoms with Crippen LogP contribution in [0, 0.1) is 0 Å². The van der Waals surface area contributed by atoms with E-state index in [1.54, 1.807) is 19.0 Å². The molecule has 0 unspecified atom stereocenters. The van der Waals surface area contributed by atoms with Gasteiger partial charge < -0.3 is 4.90 Å². The van der Waals surface area contributed by atoms with Gasteiger partial charge in [0.15, 0.2) is 0 Å². The minimum atomic E-state index is -2.63. The van der Waals surface area contributed by atoms with Gasteiger partial charge in [0.1, 0.15) is 5.82 Å². The zero-order valence-electron chi connectivity index (χ0n) is 12.5. The molecule has 0 N–H and O–H groups in total. The zero-order valence-corrected chi connectivity index (χ0v) is 12.5. The lowest BCUT2D eigenvalue weighted by Crippen LogP contribution is -2.36. The summed E-state index contributed by atoms with van der Waals surface area (Å²) in [4.78, 5) is 19.3. The Balaban J connectivity index is 1.95. The van der Waals surface area contributed by atoms with Crippen LogP contribution in [0.3, 0.4) is 0 Å². The summed E-state index contributed by atoms with van der Waals surface area (Å²) in [5, 5.41) is 0. The molecule has 22 heavy (non-hydrogen) atoms. The molecule has 0 fully saturated rings. The topological polar surface area (TPSA) is 41.4 Å². The fourth-order valence-corrected chi connectivity index (χ4v) is 2.07. The highest BCUT2D eigenvalue weighted by Crippen LogP contribution is 2.14. The fourth-order valence-electron chi connectivity index (χ4n) is 2.07. The van der Waals surface area contributed by atoms with E-state index >= 15 is 0 Å². The van der Waals surface area contributed by atoms with Crippen LogP contribution in [-0.2, 0) is 11.3 Å². The van der Waals surface area contributed by atoms with Crippen molar-refractivity contribution >= 4 is 11.6 Å². The number of nitrogens with zero attached hydrogens (tertiary/aromatic N) is 4. The summed E-state index contributed by atoms with van der Waals surface area (Å²) in [6.45, 7) is -2.35. The molecule has 0 bridgehead atoms. The predicted molar refractivity (Wildman–Crippen MR) is 79.7 cm³/mol. The van der Waals surface area contributed by atoms with Crippen molar-refractivity contribution < 1.29 is 13.6 Å². The maximum absolute atomic E-state index is 12.8. The molecule has 2 aromatic rings. The van der Waals surface area contributed by atoms with Crippen LogP contribution in [0.25, 0.3) is 0 Å². The minimum absolute atomic E-state index is 0.113. The largest absolute Gasteiger partial charge is 0.319 e. The van der Waals surface area contributed by atoms with Crippen LogP contribution in [-0.4, -0.2) is 41.0 Å². The summed E-state index contributed by atoms with van der Waals surface area (Å²) in [7, 11) is 3.38. The Kier molecular flexibility index (Phi) is 5.21. The maximum atomic E-state index is 12.8. The number of aromatic nitrogens is 2. The van der Waals surface area contributed by atoms with Gasteiger partial charge in [0.05, 0.1) is 13.1 Å². The second kappa shape index (κ2) is 7.13. The van der Waals surface area contributed by atoms with Crippen LogP contribution < -0.4 is 4.90 Å². The number of hydrogen-bond donors (Lipinski definition) is 0. The first-order valence-corrected chi connectivity index (χ1v) is 6.79. The van der Waals surface area contributed by atoms with Crippen molar-refractivity contribution in [1.82, 2.24) is 14.5 Å². The smallest absolute Gasteiger partial charge is 0.314 e. The standard InChI is InChI=1S/C15H18F2N4O/c1-19(10-13-18-8-9-21(13)15(16)17)11-14(22)20(2)12-6-4-3-5-7-12/h3-9,15H,10-11H2,1-2H3. The highest BCUT2D eigenvalue weighted by Gasteiger charge is 2.17. The van der Waals surface area contributed by atoms with E-state index in [4.69, 9.17) is 0 Å². The Morgan fingerprint density at radius 3 is 2.59 bits per heavy atom. The molecular formula is C15H18F2N4O. The van der Waals surface area contributed by atoms with Gasteiger partial charge in [-0.25, -0.2) is 4.98 Å². The van der Waals surface area contributed by atoms with E-state index in [2.05, 4.69) is 4.98 Å². The third kappa shape index (κ3) is 3.88. The van der Waals surface area contributed by atoms with Gasteiger partial charge in [0.2, 0.25) is 5.91 Å². The Labute approximate surface area is 127 Å². The Morgan fingerprint density at radius 2 is 1.95 bits per heavy atom. The van der Waals surface area contributed by atoms with Gasteiger partial charge in [0, 0.05) is 25.1 Å². The third-order valence-corrected chi connectivity index (χ3v) is 3.29. The minimum Gasteiger partial charge on any atom is -0.314 e. The number of imidazole rings is 1. The lowest BCUT2D eigenvalue weighted by molar-refractivity contribution is -0.119. The fraction of sp³-hybridized carbons (Fsp3) is 0.333. The molecule has 0 spiro atoms. The Bertz CT molecular complexity index is 615. The van der Waals surface area contributed by atoms with Gasteiger partial charge in [-0.1, -0.05) is 18.2 Å². The molecule has 0 aliphatic carbocycles. The molecule has 0 atom stereocenters. The van der Waals surface area contributed by atoms with Gasteiger partial charge in [0.25, 0.3) is 0 Å². The van der Waals surface area contributed by atoms with E-state index in [0.717, 1.165) is 10.3 Å². The number of rotatable bonds is 6. The Hall–Kier alpha value is -2.28. The molecule has 7 heteroatoms. The summed E-state index contributed by atoms with van der Waals surface area (Å²) < 4.78 is 26.3. The number of carbonyl (C=O) groups excluding carboxylic acids is 1. The van der Waals surface area contributed by atoms with Crippen molar-refractivity contribution in [2.45, 2.75) is 13.1 Å². The van der Waals surface area contributed by atoms with Crippen LogP contribution >= 0.6 is 0 Å². The summed E-state index contributed by atoms with van der Waals surface area (Å²) >= 11 is 0. The van der Waals surface area contributed by atoms with E-state index < -0.39 is 6.55 Å². The number of anilines is 1. The molecular weight excluding hydrogens is 290 g/mol. The van der Waals surface area contributed by atoms with Crippen LogP contribution in [0.15, 0.2) is 42.7 Å². The number of carbonyl (C=O) groups is 1. The number of alkyl halides is 2. The highest BCUT2D eigenvalue weighted by molar-refractivity contribution is 5.94. The molecule has 1 amide bonds. The number of halogens is 2. The summed E-state index contributed by atoms with van der Waals surface area (Å²) in [6.07, 6.45) is 2.55. The second-order valence-corrected chi connectivity index (χ2v) is 4.99. The lowest BCUT2D eigenvalue weighted by Gasteiger charge is -2.22. The second-order valence-electron chi connectivity index (χ2n) is 4.99. The van der Waals surface area contributed by atoms with E-state index in [-0.39, 0.29) is 24.8 Å². The molecule has 118 valence electrons. The van der Waals surface area contributed by atoms with Crippen LogP contribution in [0.2, 0.25) is 0 Å². The number of amides is 1. The van der Waals surface area contributed by atoms with Crippen molar-refractivity contribution in [3.8, 4) is 0 Å². The van der Waals surface area contributed by atoms with Crippen molar-refractivity contribution in [1.29, 1.82) is 0 Å². The SMILES string of the molecule is CN(CC(=O)N(C)c1ccccc1)Cc1nccn1C(F)F. The quantitative estimate of drug-likeness (QED) is 0.823. The van der Waals surface area contributed by atoms with E-state index in [9.17, 15) is 13.6 Å². The number of likely N-dealkylation sites (N-methyl/N-ethyl adjacent to an activating group) is 2. The van der Waals surface area contributed by atoms with E-state index in [1.807, 2.05) is 30.3 Å². The molecule has 5 nitrogen and oxygen atoms in total. The van der Waals surface area contributed by atoms with E-state index in [0.29, 0.717) is 0 Å². The normalized spacial score (nSPS) is 11.2. The first-order chi connectivity index (χ1) is 10.5. The summed E-state index contributed by atoms with van der Waals surface area (Å²) in [5.41, 5.74) is 0.787. The average Bonchev–Trinajstić information content (AvgIpc) is 2.95. The van der Waals surface area contributed by atoms with Gasteiger partial charge in [-0.15, -0.1) is 0 Å². The van der Waals surface area contributed by atoms with Crippen LogP contribution in [0.1, 0.15) is 12.4 Å². The first kappa shape index (κ1) is 16.1. The summed E-state index contributed by atoms with van der Waals surface area (Å²) in [6, 6.07) is 9.24. The van der Waals surface area contributed by atoms with Crippen LogP contribution in [0.4, 0.5) is 14.5 Å². The highest BCUT2D eigenvalue weighted by atomic mass is 19.3. The molecule has 1 aromatic carbocycles. The lowest BCUT2D eigenvalue weighted by atomic mass is 10.3. The molecule has 0 saturated heterocycles. The molecule has 0 aliphatic heterocycles. The number of benzene rings is 1. The molecule has 0 radical (unpaired) electrons. The predicted octanol–water partition coefficient (Wildman–Crippen LogP) is 2.37. The molecule has 2 rings (SSSR count). The number of para-hydroxylation sites is 1. The van der Waals surface area contributed by atoms with Gasteiger partial charge >= 0.3 is 6.55 Å². The maximum Gasteiger partial charge on any atom is 0.319 e. The van der Waals surface area contributed by atoms with Crippen molar-refractivity contribution in [2.24, 2.45) is 0 Å². The third-order valence-electron chi connectivity index (χ3n) is 3.29. The van der Waals surface area contributed by atoms with Crippen molar-refractivity contribution in [2.75, 3.05) is 25.5 Å². The van der Waals surface area contributed by atoms with Gasteiger partial charge in [-0.05, 0) is 19.2 Å². The van der Waals surface area contributed by atoms with Crippen LogP contribution in [0.5, 0.6) is 0 Å². The monoisotopic (exact) mass is 308 g/mol. The average molecular weight is 308 g/mol. The van der Waals surface area contributed by atoms with Gasteiger partial charge in [-0.2, -0.15) is 8.78 Å². The zero-order chi connectivity index (χ0) is 16.1. The van der Waals surface area contributed by atoms with Gasteiger partial charge in [-0.3, -0.25) is 14.3 Å². The van der Waals surface area contributed by atoms with Crippen molar-refractivity contribution in [3.05, 3.63) is 48.5 Å². The molecule has 0 aliphatic rings. The molecule has 1 aromatic heterocycles. The van der Waals surface area contributed by atoms with Crippen molar-refractivity contribution in [3.63, 3.8) is 0 Å². The summed E-state index contributed by atoms with van der Waals surface area (Å²) in [5.74, 6) is 0.108. The number of hydrogen-bond acceptors (Lipinski definition) is 3. The molecule has 0 saturated carbocycles. The van der Waals surface area contributed by atoms with E-state index in [1.165, 1.54) is 17.3 Å². The Morgan fingerprint density at radius 1 is 1.27 bits per heavy atom.